The van der Waals surface area contributed by atoms with E-state index < -0.39 is 0 Å². The number of anilines is 1. The molecule has 3 nitrogen and oxygen atoms in total. The molecule has 1 aromatic heterocycles. The van der Waals surface area contributed by atoms with Gasteiger partial charge in [-0.3, -0.25) is 0 Å². The number of nitrogens with zero attached hydrogens (tertiary/aromatic N) is 2. The maximum atomic E-state index is 4.12. The van der Waals surface area contributed by atoms with Gasteiger partial charge >= 0.3 is 0 Å². The molecule has 0 bridgehead atoms. The molecule has 1 aromatic rings. The molecule has 78 valence electrons. The molecule has 0 spiro atoms. The minimum atomic E-state index is 0.303. The summed E-state index contributed by atoms with van der Waals surface area (Å²) in [5.74, 6) is 0.869. The van der Waals surface area contributed by atoms with Crippen LogP contribution in [0.5, 0.6) is 0 Å². The van der Waals surface area contributed by atoms with E-state index in [9.17, 15) is 0 Å². The third kappa shape index (κ3) is 3.62. The molecular formula is C10H16BrN3. The predicted molar refractivity (Wildman–Crippen MR) is 62.3 cm³/mol. The van der Waals surface area contributed by atoms with Gasteiger partial charge in [-0.05, 0) is 27.8 Å². The fourth-order valence-electron chi connectivity index (χ4n) is 0.885. The molecule has 1 heterocycles. The summed E-state index contributed by atoms with van der Waals surface area (Å²) in [6.07, 6.45) is 2.69. The smallest absolute Gasteiger partial charge is 0.130 e. The van der Waals surface area contributed by atoms with Crippen molar-refractivity contribution in [3.05, 3.63) is 17.0 Å². The molecule has 0 fully saturated rings. The molecule has 0 atom stereocenters. The van der Waals surface area contributed by atoms with Crippen molar-refractivity contribution in [1.29, 1.82) is 0 Å². The Morgan fingerprint density at radius 2 is 2.14 bits per heavy atom. The fraction of sp³-hybridized carbons (Fsp3) is 0.600. The summed E-state index contributed by atoms with van der Waals surface area (Å²) >= 11 is 3.31. The molecule has 4 heteroatoms. The first-order valence-corrected chi connectivity index (χ1v) is 5.54. The molecule has 1 N–H and O–H groups in total. The van der Waals surface area contributed by atoms with Crippen LogP contribution in [0.25, 0.3) is 0 Å². The Hall–Kier alpha value is -0.640. The van der Waals surface area contributed by atoms with E-state index in [1.807, 2.05) is 6.07 Å². The quantitative estimate of drug-likeness (QED) is 0.843. The molecule has 14 heavy (non-hydrogen) atoms. The van der Waals surface area contributed by atoms with Crippen LogP contribution in [0.15, 0.2) is 17.0 Å². The number of aromatic nitrogens is 2. The highest BCUT2D eigenvalue weighted by Crippen LogP contribution is 2.20. The first kappa shape index (κ1) is 11.4. The van der Waals surface area contributed by atoms with Gasteiger partial charge in [0, 0.05) is 12.6 Å². The number of hydrogen-bond donors (Lipinski definition) is 1. The highest BCUT2D eigenvalue weighted by atomic mass is 79.9. The molecule has 0 saturated carbocycles. The summed E-state index contributed by atoms with van der Waals surface area (Å²) in [6.45, 7) is 7.58. The van der Waals surface area contributed by atoms with Gasteiger partial charge in [0.15, 0.2) is 0 Å². The lowest BCUT2D eigenvalue weighted by Crippen LogP contribution is -2.22. The number of halogens is 1. The average molecular weight is 258 g/mol. The highest BCUT2D eigenvalue weighted by Gasteiger charge is 2.14. The van der Waals surface area contributed by atoms with E-state index in [1.165, 1.54) is 0 Å². The average Bonchev–Trinajstić information content (AvgIpc) is 2.15. The lowest BCUT2D eigenvalue weighted by Gasteiger charge is -2.23. The van der Waals surface area contributed by atoms with Gasteiger partial charge in [0.2, 0.25) is 0 Å². The van der Waals surface area contributed by atoms with E-state index in [4.69, 9.17) is 0 Å². The van der Waals surface area contributed by atoms with Gasteiger partial charge in [-0.25, -0.2) is 9.97 Å². The van der Waals surface area contributed by atoms with Crippen molar-refractivity contribution in [2.75, 3.05) is 11.9 Å². The third-order valence-electron chi connectivity index (χ3n) is 2.34. The Bertz CT molecular complexity index is 299. The summed E-state index contributed by atoms with van der Waals surface area (Å²) in [5.41, 5.74) is 0.303. The molecule has 0 saturated heterocycles. The second-order valence-electron chi connectivity index (χ2n) is 4.10. The summed E-state index contributed by atoms with van der Waals surface area (Å²) in [6, 6.07) is 1.88. The molecule has 0 aliphatic carbocycles. The molecule has 0 radical (unpaired) electrons. The van der Waals surface area contributed by atoms with Crippen LogP contribution in [-0.4, -0.2) is 16.5 Å². The van der Waals surface area contributed by atoms with Crippen molar-refractivity contribution in [1.82, 2.24) is 9.97 Å². The normalized spacial score (nSPS) is 11.4. The Morgan fingerprint density at radius 1 is 1.43 bits per heavy atom. The van der Waals surface area contributed by atoms with Crippen molar-refractivity contribution in [2.45, 2.75) is 27.2 Å². The van der Waals surface area contributed by atoms with E-state index >= 15 is 0 Å². The van der Waals surface area contributed by atoms with Gasteiger partial charge in [-0.15, -0.1) is 0 Å². The molecule has 1 rings (SSSR count). The monoisotopic (exact) mass is 257 g/mol. The van der Waals surface area contributed by atoms with Gasteiger partial charge in [-0.1, -0.05) is 20.8 Å². The Kier molecular flexibility index (Phi) is 3.86. The van der Waals surface area contributed by atoms with Crippen LogP contribution < -0.4 is 5.32 Å². The van der Waals surface area contributed by atoms with Gasteiger partial charge in [-0.2, -0.15) is 0 Å². The van der Waals surface area contributed by atoms with Crippen molar-refractivity contribution in [3.8, 4) is 0 Å². The first-order chi connectivity index (χ1) is 6.53. The van der Waals surface area contributed by atoms with Crippen LogP contribution >= 0.6 is 15.9 Å². The number of nitrogens with one attached hydrogen (secondary N) is 1. The van der Waals surface area contributed by atoms with Crippen LogP contribution in [0.1, 0.15) is 27.2 Å². The third-order valence-corrected chi connectivity index (χ3v) is 2.77. The minimum Gasteiger partial charge on any atom is -0.369 e. The van der Waals surface area contributed by atoms with Crippen LogP contribution in [0.3, 0.4) is 0 Å². The van der Waals surface area contributed by atoms with E-state index in [2.05, 4.69) is 52.0 Å². The Labute approximate surface area is 93.5 Å². The van der Waals surface area contributed by atoms with Gasteiger partial charge in [0.1, 0.15) is 16.7 Å². The van der Waals surface area contributed by atoms with Gasteiger partial charge < -0.3 is 5.32 Å². The highest BCUT2D eigenvalue weighted by molar-refractivity contribution is 9.10. The fourth-order valence-corrected chi connectivity index (χ4v) is 1.19. The van der Waals surface area contributed by atoms with Crippen molar-refractivity contribution in [2.24, 2.45) is 5.41 Å². The minimum absolute atomic E-state index is 0.303. The SMILES string of the molecule is CCC(C)(C)CNc1cc(Br)ncn1. The number of hydrogen-bond acceptors (Lipinski definition) is 3. The molecular weight excluding hydrogens is 242 g/mol. The molecule has 0 aliphatic rings. The molecule has 0 aromatic carbocycles. The Morgan fingerprint density at radius 3 is 2.71 bits per heavy atom. The molecule has 0 unspecified atom stereocenters. The summed E-state index contributed by atoms with van der Waals surface area (Å²) < 4.78 is 0.810. The number of rotatable bonds is 4. The lowest BCUT2D eigenvalue weighted by atomic mass is 9.90. The molecule has 0 amide bonds. The van der Waals surface area contributed by atoms with E-state index in [0.717, 1.165) is 23.4 Å². The molecule has 0 aliphatic heterocycles. The van der Waals surface area contributed by atoms with Crippen molar-refractivity contribution < 1.29 is 0 Å². The predicted octanol–water partition coefficient (Wildman–Crippen LogP) is 3.09. The lowest BCUT2D eigenvalue weighted by molar-refractivity contribution is 0.376. The van der Waals surface area contributed by atoms with E-state index in [-0.39, 0.29) is 0 Å². The standard InChI is InChI=1S/C10H16BrN3/c1-4-10(2,3)6-12-9-5-8(11)13-7-14-9/h5,7H,4,6H2,1-3H3,(H,12,13,14). The van der Waals surface area contributed by atoms with Crippen LogP contribution in [0.4, 0.5) is 5.82 Å². The van der Waals surface area contributed by atoms with Gasteiger partial charge in [0.05, 0.1) is 0 Å². The van der Waals surface area contributed by atoms with E-state index in [0.29, 0.717) is 5.41 Å². The summed E-state index contributed by atoms with van der Waals surface area (Å²) in [5, 5.41) is 3.30. The summed E-state index contributed by atoms with van der Waals surface area (Å²) in [4.78, 5) is 8.09. The van der Waals surface area contributed by atoms with Crippen molar-refractivity contribution in [3.63, 3.8) is 0 Å². The van der Waals surface area contributed by atoms with Crippen LogP contribution in [-0.2, 0) is 0 Å². The second kappa shape index (κ2) is 4.73. The maximum Gasteiger partial charge on any atom is 0.130 e. The largest absolute Gasteiger partial charge is 0.369 e. The maximum absolute atomic E-state index is 4.12. The van der Waals surface area contributed by atoms with Gasteiger partial charge in [0.25, 0.3) is 0 Å². The van der Waals surface area contributed by atoms with Crippen LogP contribution in [0, 0.1) is 5.41 Å². The second-order valence-corrected chi connectivity index (χ2v) is 4.91. The Balaban J connectivity index is 2.54. The van der Waals surface area contributed by atoms with E-state index in [1.54, 1.807) is 6.33 Å². The topological polar surface area (TPSA) is 37.8 Å². The van der Waals surface area contributed by atoms with Crippen molar-refractivity contribution >= 4 is 21.7 Å². The zero-order valence-electron chi connectivity index (χ0n) is 8.84. The zero-order chi connectivity index (χ0) is 10.6. The zero-order valence-corrected chi connectivity index (χ0v) is 10.4. The summed E-state index contributed by atoms with van der Waals surface area (Å²) in [7, 11) is 0. The first-order valence-electron chi connectivity index (χ1n) is 4.75. The van der Waals surface area contributed by atoms with Crippen LogP contribution in [0.2, 0.25) is 0 Å².